The molecule has 0 saturated carbocycles. The molecule has 0 saturated heterocycles. The average Bonchev–Trinajstić information content (AvgIpc) is 3.00. The fourth-order valence-electron chi connectivity index (χ4n) is 3.19. The maximum atomic E-state index is 13.1. The third-order valence-corrected chi connectivity index (χ3v) is 5.97. The number of benzene rings is 2. The predicted molar refractivity (Wildman–Crippen MR) is 118 cm³/mol. The van der Waals surface area contributed by atoms with E-state index in [4.69, 9.17) is 21.1 Å². The summed E-state index contributed by atoms with van der Waals surface area (Å²) < 4.78 is 10.6. The SMILES string of the molecule is COc1ccc(CCN2C(=O)C(SCCO)=C(c3ccc(Cl)cc3)C2=O)cc1OC. The number of carbonyl (C=O) groups excluding carboxylic acids is 2. The highest BCUT2D eigenvalue weighted by Crippen LogP contribution is 2.36. The molecule has 1 aliphatic rings. The maximum Gasteiger partial charge on any atom is 0.267 e. The van der Waals surface area contributed by atoms with Crippen LogP contribution in [0.3, 0.4) is 0 Å². The van der Waals surface area contributed by atoms with Gasteiger partial charge < -0.3 is 14.6 Å². The summed E-state index contributed by atoms with van der Waals surface area (Å²) in [6, 6.07) is 12.3. The molecule has 6 nitrogen and oxygen atoms in total. The molecule has 0 spiro atoms. The zero-order valence-electron chi connectivity index (χ0n) is 16.7. The number of nitrogens with zero attached hydrogens (tertiary/aromatic N) is 1. The number of carbonyl (C=O) groups is 2. The molecule has 0 fully saturated rings. The lowest BCUT2D eigenvalue weighted by atomic mass is 10.1. The number of halogens is 1. The average molecular weight is 448 g/mol. The Labute approximate surface area is 184 Å². The molecule has 2 amide bonds. The van der Waals surface area contributed by atoms with E-state index in [1.165, 1.54) is 16.7 Å². The van der Waals surface area contributed by atoms with Gasteiger partial charge in [-0.2, -0.15) is 0 Å². The van der Waals surface area contributed by atoms with Gasteiger partial charge in [0.25, 0.3) is 11.8 Å². The number of aliphatic hydroxyl groups excluding tert-OH is 1. The van der Waals surface area contributed by atoms with Crippen LogP contribution in [0.5, 0.6) is 11.5 Å². The first-order valence-corrected chi connectivity index (χ1v) is 10.7. The molecule has 0 bridgehead atoms. The first kappa shape index (κ1) is 22.2. The van der Waals surface area contributed by atoms with E-state index < -0.39 is 0 Å². The van der Waals surface area contributed by atoms with Crippen molar-refractivity contribution < 1.29 is 24.2 Å². The molecule has 0 aliphatic carbocycles. The van der Waals surface area contributed by atoms with Gasteiger partial charge in [-0.25, -0.2) is 0 Å². The van der Waals surface area contributed by atoms with Crippen molar-refractivity contribution in [2.45, 2.75) is 6.42 Å². The first-order chi connectivity index (χ1) is 14.5. The number of aliphatic hydroxyl groups is 1. The zero-order chi connectivity index (χ0) is 21.7. The van der Waals surface area contributed by atoms with E-state index in [0.717, 1.165) is 5.56 Å². The zero-order valence-corrected chi connectivity index (χ0v) is 18.3. The summed E-state index contributed by atoms with van der Waals surface area (Å²) in [5.41, 5.74) is 1.90. The monoisotopic (exact) mass is 447 g/mol. The summed E-state index contributed by atoms with van der Waals surface area (Å²) in [6.45, 7) is 0.141. The van der Waals surface area contributed by atoms with Gasteiger partial charge in [0.1, 0.15) is 0 Å². The minimum absolute atomic E-state index is 0.0881. The van der Waals surface area contributed by atoms with Gasteiger partial charge in [0.05, 0.1) is 31.3 Å². The van der Waals surface area contributed by atoms with Crippen molar-refractivity contribution in [3.63, 3.8) is 0 Å². The van der Waals surface area contributed by atoms with Crippen LogP contribution in [-0.2, 0) is 16.0 Å². The number of amides is 2. The molecule has 0 radical (unpaired) electrons. The number of ether oxygens (including phenoxy) is 2. The first-order valence-electron chi connectivity index (χ1n) is 9.31. The molecule has 1 N–H and O–H groups in total. The highest BCUT2D eigenvalue weighted by atomic mass is 35.5. The van der Waals surface area contributed by atoms with Crippen LogP contribution in [0.2, 0.25) is 5.02 Å². The van der Waals surface area contributed by atoms with Crippen molar-refractivity contribution >= 4 is 40.8 Å². The second-order valence-corrected chi connectivity index (χ2v) is 8.03. The largest absolute Gasteiger partial charge is 0.493 e. The van der Waals surface area contributed by atoms with Crippen LogP contribution in [0.25, 0.3) is 5.57 Å². The normalized spacial score (nSPS) is 13.9. The molecule has 0 atom stereocenters. The lowest BCUT2D eigenvalue weighted by Gasteiger charge is -2.16. The molecule has 1 heterocycles. The standard InChI is InChI=1S/C22H22ClNO5S/c1-28-17-8-3-14(13-18(17)29-2)9-10-24-21(26)19(15-4-6-16(23)7-5-15)20(22(24)27)30-12-11-25/h3-8,13,25H,9-12H2,1-2H3. The highest BCUT2D eigenvalue weighted by Gasteiger charge is 2.38. The summed E-state index contributed by atoms with van der Waals surface area (Å²) in [7, 11) is 3.12. The Kier molecular flexibility index (Phi) is 7.42. The molecule has 1 aliphatic heterocycles. The quantitative estimate of drug-likeness (QED) is 0.594. The van der Waals surface area contributed by atoms with Gasteiger partial charge in [0, 0.05) is 17.3 Å². The van der Waals surface area contributed by atoms with E-state index in [0.29, 0.717) is 44.7 Å². The molecule has 2 aromatic carbocycles. The Morgan fingerprint density at radius 3 is 2.33 bits per heavy atom. The van der Waals surface area contributed by atoms with E-state index in [1.807, 2.05) is 12.1 Å². The van der Waals surface area contributed by atoms with Gasteiger partial charge in [-0.3, -0.25) is 14.5 Å². The van der Waals surface area contributed by atoms with Gasteiger partial charge in [-0.05, 0) is 41.8 Å². The number of imide groups is 1. The minimum atomic E-state index is -0.344. The van der Waals surface area contributed by atoms with Crippen LogP contribution in [-0.4, -0.2) is 54.9 Å². The topological polar surface area (TPSA) is 76.1 Å². The summed E-state index contributed by atoms with van der Waals surface area (Å²) >= 11 is 7.15. The molecular weight excluding hydrogens is 426 g/mol. The van der Waals surface area contributed by atoms with Gasteiger partial charge in [0.2, 0.25) is 0 Å². The third-order valence-electron chi connectivity index (χ3n) is 4.67. The summed E-state index contributed by atoms with van der Waals surface area (Å²) in [6.07, 6.45) is 0.476. The van der Waals surface area contributed by atoms with E-state index in [-0.39, 0.29) is 25.0 Å². The van der Waals surface area contributed by atoms with Gasteiger partial charge in [0.15, 0.2) is 11.5 Å². The van der Waals surface area contributed by atoms with Crippen LogP contribution < -0.4 is 9.47 Å². The van der Waals surface area contributed by atoms with E-state index in [2.05, 4.69) is 0 Å². The number of rotatable bonds is 9. The number of methoxy groups -OCH3 is 2. The molecule has 0 unspecified atom stereocenters. The number of thioether (sulfide) groups is 1. The van der Waals surface area contributed by atoms with Crippen LogP contribution in [0.4, 0.5) is 0 Å². The minimum Gasteiger partial charge on any atom is -0.493 e. The molecule has 8 heteroatoms. The summed E-state index contributed by atoms with van der Waals surface area (Å²) in [5, 5.41) is 9.74. The Hall–Kier alpha value is -2.48. The lowest BCUT2D eigenvalue weighted by Crippen LogP contribution is -2.33. The maximum absolute atomic E-state index is 13.1. The van der Waals surface area contributed by atoms with Crippen molar-refractivity contribution in [3.8, 4) is 11.5 Å². The Morgan fingerprint density at radius 2 is 1.70 bits per heavy atom. The predicted octanol–water partition coefficient (Wildman–Crippen LogP) is 3.41. The van der Waals surface area contributed by atoms with Crippen molar-refractivity contribution in [3.05, 3.63) is 63.5 Å². The van der Waals surface area contributed by atoms with E-state index in [9.17, 15) is 14.7 Å². The van der Waals surface area contributed by atoms with E-state index in [1.54, 1.807) is 44.6 Å². The second kappa shape index (κ2) is 10.0. The number of hydrogen-bond acceptors (Lipinski definition) is 6. The van der Waals surface area contributed by atoms with Gasteiger partial charge >= 0.3 is 0 Å². The Balaban J connectivity index is 1.83. The van der Waals surface area contributed by atoms with E-state index >= 15 is 0 Å². The van der Waals surface area contributed by atoms with Crippen LogP contribution in [0.15, 0.2) is 47.4 Å². The number of hydrogen-bond donors (Lipinski definition) is 1. The van der Waals surface area contributed by atoms with Crippen molar-refractivity contribution in [2.24, 2.45) is 0 Å². The molecule has 3 rings (SSSR count). The second-order valence-electron chi connectivity index (χ2n) is 6.48. The van der Waals surface area contributed by atoms with Crippen molar-refractivity contribution in [1.29, 1.82) is 0 Å². The van der Waals surface area contributed by atoms with Crippen LogP contribution >= 0.6 is 23.4 Å². The fraction of sp³-hybridized carbons (Fsp3) is 0.273. The molecule has 158 valence electrons. The third kappa shape index (κ3) is 4.64. The lowest BCUT2D eigenvalue weighted by molar-refractivity contribution is -0.136. The Bertz CT molecular complexity index is 974. The molecule has 30 heavy (non-hydrogen) atoms. The van der Waals surface area contributed by atoms with Crippen LogP contribution in [0, 0.1) is 0 Å². The Morgan fingerprint density at radius 1 is 1.00 bits per heavy atom. The smallest absolute Gasteiger partial charge is 0.267 e. The fourth-order valence-corrected chi connectivity index (χ4v) is 4.19. The van der Waals surface area contributed by atoms with Crippen LogP contribution in [0.1, 0.15) is 11.1 Å². The molecule has 0 aromatic heterocycles. The summed E-state index contributed by atoms with van der Waals surface area (Å²) in [5.74, 6) is 0.846. The summed E-state index contributed by atoms with van der Waals surface area (Å²) in [4.78, 5) is 27.7. The van der Waals surface area contributed by atoms with Gasteiger partial charge in [-0.1, -0.05) is 29.8 Å². The van der Waals surface area contributed by atoms with Crippen molar-refractivity contribution in [2.75, 3.05) is 33.1 Å². The molecular formula is C22H22ClNO5S. The molecule has 2 aromatic rings. The van der Waals surface area contributed by atoms with Gasteiger partial charge in [-0.15, -0.1) is 11.8 Å². The highest BCUT2D eigenvalue weighted by molar-refractivity contribution is 8.04. The van der Waals surface area contributed by atoms with Crippen molar-refractivity contribution in [1.82, 2.24) is 4.90 Å².